The van der Waals surface area contributed by atoms with E-state index in [-0.39, 0.29) is 30.3 Å². The van der Waals surface area contributed by atoms with Gasteiger partial charge < -0.3 is 16.0 Å². The van der Waals surface area contributed by atoms with Crippen LogP contribution in [0.25, 0.3) is 0 Å². The van der Waals surface area contributed by atoms with Gasteiger partial charge in [0.05, 0.1) is 5.75 Å². The third-order valence-corrected chi connectivity index (χ3v) is 8.06. The van der Waals surface area contributed by atoms with Gasteiger partial charge in [-0.2, -0.15) is 4.31 Å². The standard InChI is InChI=1S/C22H34N4O4S/c1-3-14-31(29,30)26-13-5-12-25(22(28)17-7-4-6-16(2)15-17)21(26)20(27)24-19-10-8-18(23)9-11-19/h4,6-7,15,18-19,21H,3,5,8-14,23H2,1-2H3,(H,24,27). The first-order chi connectivity index (χ1) is 14.7. The molecule has 0 radical (unpaired) electrons. The third kappa shape index (κ3) is 5.64. The van der Waals surface area contributed by atoms with Crippen LogP contribution in [0.2, 0.25) is 0 Å². The summed E-state index contributed by atoms with van der Waals surface area (Å²) in [7, 11) is -3.68. The normalized spacial score (nSPS) is 25.3. The van der Waals surface area contributed by atoms with E-state index in [0.29, 0.717) is 24.9 Å². The van der Waals surface area contributed by atoms with Crippen LogP contribution in [0.1, 0.15) is 61.4 Å². The first kappa shape index (κ1) is 23.7. The van der Waals surface area contributed by atoms with Crippen LogP contribution in [0.4, 0.5) is 0 Å². The minimum Gasteiger partial charge on any atom is -0.350 e. The summed E-state index contributed by atoms with van der Waals surface area (Å²) in [6, 6.07) is 7.23. The second kappa shape index (κ2) is 10.1. The van der Waals surface area contributed by atoms with Gasteiger partial charge >= 0.3 is 0 Å². The molecule has 1 heterocycles. The Kier molecular flexibility index (Phi) is 7.72. The van der Waals surface area contributed by atoms with E-state index in [1.807, 2.05) is 13.0 Å². The zero-order chi connectivity index (χ0) is 22.6. The fraction of sp³-hybridized carbons (Fsp3) is 0.636. The molecule has 8 nitrogen and oxygen atoms in total. The monoisotopic (exact) mass is 450 g/mol. The van der Waals surface area contributed by atoms with Crippen molar-refractivity contribution in [3.63, 3.8) is 0 Å². The predicted octanol–water partition coefficient (Wildman–Crippen LogP) is 1.59. The Hall–Kier alpha value is -1.97. The number of rotatable bonds is 6. The van der Waals surface area contributed by atoms with E-state index in [9.17, 15) is 18.0 Å². The summed E-state index contributed by atoms with van der Waals surface area (Å²) < 4.78 is 27.2. The van der Waals surface area contributed by atoms with Crippen LogP contribution < -0.4 is 11.1 Å². The van der Waals surface area contributed by atoms with Crippen LogP contribution in [0.3, 0.4) is 0 Å². The van der Waals surface area contributed by atoms with Crippen LogP contribution in [-0.2, 0) is 14.8 Å². The van der Waals surface area contributed by atoms with Crippen molar-refractivity contribution in [1.82, 2.24) is 14.5 Å². The summed E-state index contributed by atoms with van der Waals surface area (Å²) >= 11 is 0. The molecule has 1 saturated heterocycles. The molecule has 2 amide bonds. The largest absolute Gasteiger partial charge is 0.350 e. The van der Waals surface area contributed by atoms with Crippen LogP contribution in [-0.4, -0.2) is 66.5 Å². The van der Waals surface area contributed by atoms with Crippen molar-refractivity contribution in [2.75, 3.05) is 18.8 Å². The molecule has 1 aromatic carbocycles. The highest BCUT2D eigenvalue weighted by molar-refractivity contribution is 7.89. The molecule has 1 atom stereocenters. The third-order valence-electron chi connectivity index (χ3n) is 6.04. The Bertz CT molecular complexity index is 897. The van der Waals surface area contributed by atoms with Gasteiger partial charge in [-0.1, -0.05) is 24.6 Å². The lowest BCUT2D eigenvalue weighted by Crippen LogP contribution is -2.64. The highest BCUT2D eigenvalue weighted by Gasteiger charge is 2.43. The van der Waals surface area contributed by atoms with Crippen molar-refractivity contribution in [2.24, 2.45) is 5.73 Å². The molecule has 2 aliphatic rings. The highest BCUT2D eigenvalue weighted by Crippen LogP contribution is 2.24. The van der Waals surface area contributed by atoms with E-state index >= 15 is 0 Å². The molecule has 1 aromatic rings. The second-order valence-electron chi connectivity index (χ2n) is 8.64. The lowest BCUT2D eigenvalue weighted by molar-refractivity contribution is -0.132. The van der Waals surface area contributed by atoms with Gasteiger partial charge in [-0.15, -0.1) is 0 Å². The topological polar surface area (TPSA) is 113 Å². The molecule has 0 spiro atoms. The molecule has 9 heteroatoms. The average molecular weight is 451 g/mol. The van der Waals surface area contributed by atoms with Crippen molar-refractivity contribution in [3.8, 4) is 0 Å². The fourth-order valence-corrected chi connectivity index (χ4v) is 6.10. The lowest BCUT2D eigenvalue weighted by Gasteiger charge is -2.42. The van der Waals surface area contributed by atoms with E-state index in [2.05, 4.69) is 5.32 Å². The molecule has 0 aromatic heterocycles. The summed E-state index contributed by atoms with van der Waals surface area (Å²) in [5, 5.41) is 3.01. The Labute approximate surface area is 185 Å². The molecule has 31 heavy (non-hydrogen) atoms. The molecular formula is C22H34N4O4S. The molecule has 3 rings (SSSR count). The molecule has 172 valence electrons. The first-order valence-corrected chi connectivity index (χ1v) is 12.8. The summed E-state index contributed by atoms with van der Waals surface area (Å²) in [5.41, 5.74) is 7.35. The van der Waals surface area contributed by atoms with Crippen molar-refractivity contribution < 1.29 is 18.0 Å². The van der Waals surface area contributed by atoms with Gasteiger partial charge in [-0.25, -0.2) is 8.42 Å². The van der Waals surface area contributed by atoms with E-state index < -0.39 is 22.1 Å². The number of nitrogens with one attached hydrogen (secondary N) is 1. The average Bonchev–Trinajstić information content (AvgIpc) is 2.74. The number of amides is 2. The van der Waals surface area contributed by atoms with Crippen molar-refractivity contribution in [3.05, 3.63) is 35.4 Å². The minimum absolute atomic E-state index is 0.0540. The van der Waals surface area contributed by atoms with Gasteiger partial charge in [0.25, 0.3) is 11.8 Å². The number of hydrogen-bond acceptors (Lipinski definition) is 5. The Balaban J connectivity index is 1.90. The van der Waals surface area contributed by atoms with E-state index in [0.717, 1.165) is 31.2 Å². The van der Waals surface area contributed by atoms with E-state index in [1.165, 1.54) is 9.21 Å². The van der Waals surface area contributed by atoms with Gasteiger partial charge in [0.1, 0.15) is 0 Å². The maximum Gasteiger partial charge on any atom is 0.259 e. The fourth-order valence-electron chi connectivity index (χ4n) is 4.43. The minimum atomic E-state index is -3.68. The van der Waals surface area contributed by atoms with Crippen molar-refractivity contribution >= 4 is 21.8 Å². The Morgan fingerprint density at radius 1 is 1.16 bits per heavy atom. The van der Waals surface area contributed by atoms with Crippen LogP contribution in [0.5, 0.6) is 0 Å². The van der Waals surface area contributed by atoms with Gasteiger partial charge in [0.15, 0.2) is 6.17 Å². The zero-order valence-corrected chi connectivity index (χ0v) is 19.2. The Morgan fingerprint density at radius 3 is 2.52 bits per heavy atom. The first-order valence-electron chi connectivity index (χ1n) is 11.2. The van der Waals surface area contributed by atoms with Gasteiger partial charge in [-0.3, -0.25) is 9.59 Å². The SMILES string of the molecule is CCCS(=O)(=O)N1CCCN(C(=O)c2cccc(C)c2)C1C(=O)NC1CCC(N)CC1. The number of benzene rings is 1. The van der Waals surface area contributed by atoms with Crippen molar-refractivity contribution in [2.45, 2.75) is 70.6 Å². The van der Waals surface area contributed by atoms with E-state index in [1.54, 1.807) is 25.1 Å². The Morgan fingerprint density at radius 2 is 1.87 bits per heavy atom. The predicted molar refractivity (Wildman–Crippen MR) is 120 cm³/mol. The molecule has 1 saturated carbocycles. The molecule has 2 fully saturated rings. The quantitative estimate of drug-likeness (QED) is 0.683. The summed E-state index contributed by atoms with van der Waals surface area (Å²) in [4.78, 5) is 28.1. The van der Waals surface area contributed by atoms with Gasteiger partial charge in [0.2, 0.25) is 10.0 Å². The smallest absolute Gasteiger partial charge is 0.259 e. The molecular weight excluding hydrogens is 416 g/mol. The number of sulfonamides is 1. The number of nitrogens with two attached hydrogens (primary N) is 1. The number of hydrogen-bond donors (Lipinski definition) is 2. The zero-order valence-electron chi connectivity index (χ0n) is 18.4. The number of nitrogens with zero attached hydrogens (tertiary/aromatic N) is 2. The van der Waals surface area contributed by atoms with Crippen LogP contribution in [0, 0.1) is 6.92 Å². The maximum absolute atomic E-state index is 13.4. The summed E-state index contributed by atoms with van der Waals surface area (Å²) in [6.07, 6.45) is 2.91. The maximum atomic E-state index is 13.4. The molecule has 3 N–H and O–H groups in total. The number of carbonyl (C=O) groups excluding carboxylic acids is 2. The van der Waals surface area contributed by atoms with Crippen molar-refractivity contribution in [1.29, 1.82) is 0 Å². The molecule has 1 unspecified atom stereocenters. The second-order valence-corrected chi connectivity index (χ2v) is 10.7. The van der Waals surface area contributed by atoms with Gasteiger partial charge in [0, 0.05) is 30.7 Å². The van der Waals surface area contributed by atoms with Gasteiger partial charge in [-0.05, 0) is 57.6 Å². The summed E-state index contributed by atoms with van der Waals surface area (Å²) in [5.74, 6) is -0.812. The summed E-state index contributed by atoms with van der Waals surface area (Å²) in [6.45, 7) is 4.24. The molecule has 1 aliphatic carbocycles. The molecule has 0 bridgehead atoms. The number of carbonyl (C=O) groups is 2. The highest BCUT2D eigenvalue weighted by atomic mass is 32.2. The van der Waals surface area contributed by atoms with Crippen LogP contribution in [0.15, 0.2) is 24.3 Å². The molecule has 1 aliphatic heterocycles. The van der Waals surface area contributed by atoms with Crippen LogP contribution >= 0.6 is 0 Å². The number of aryl methyl sites for hydroxylation is 1. The van der Waals surface area contributed by atoms with E-state index in [4.69, 9.17) is 5.73 Å². The lowest BCUT2D eigenvalue weighted by atomic mass is 9.92.